The number of carboxylic acid groups (broad SMARTS) is 1. The van der Waals surface area contributed by atoms with Crippen LogP contribution in [-0.2, 0) is 9.59 Å². The Morgan fingerprint density at radius 3 is 2.81 bits per heavy atom. The summed E-state index contributed by atoms with van der Waals surface area (Å²) in [5, 5.41) is 11.1. The molecule has 1 aliphatic rings. The number of aliphatic carboxylic acids is 1. The first-order chi connectivity index (χ1) is 7.58. The topological polar surface area (TPSA) is 83.5 Å². The molecule has 6 heteroatoms. The molecule has 0 spiro atoms. The van der Waals surface area contributed by atoms with Crippen LogP contribution in [0.5, 0.6) is 0 Å². The number of hydrogen-bond donors (Lipinski definition) is 2. The van der Waals surface area contributed by atoms with Crippen LogP contribution in [0.3, 0.4) is 0 Å². The van der Waals surface area contributed by atoms with E-state index in [1.165, 1.54) is 23.9 Å². The monoisotopic (exact) mass is 237 g/mol. The normalized spacial score (nSPS) is 13.9. The smallest absolute Gasteiger partial charge is 0.377 e. The van der Waals surface area contributed by atoms with Gasteiger partial charge >= 0.3 is 5.97 Å². The van der Waals surface area contributed by atoms with Gasteiger partial charge in [-0.1, -0.05) is 0 Å². The molecule has 0 saturated heterocycles. The first kappa shape index (κ1) is 10.7. The summed E-state index contributed by atoms with van der Waals surface area (Å²) in [7, 11) is 0. The average Bonchev–Trinajstić information content (AvgIpc) is 2.26. The van der Waals surface area contributed by atoms with E-state index in [1.807, 2.05) is 0 Å². The van der Waals surface area contributed by atoms with Gasteiger partial charge in [-0.3, -0.25) is 9.59 Å². The Labute approximate surface area is 94.8 Å². The highest BCUT2D eigenvalue weighted by Gasteiger charge is 2.19. The van der Waals surface area contributed by atoms with E-state index < -0.39 is 11.8 Å². The molecule has 0 radical (unpaired) electrons. The number of Topliss-reactive ketones (excluding diaryl/α,β-unsaturated/α-hetero) is 1. The fraction of sp³-hybridized carbons (Fsp3) is 0.100. The summed E-state index contributed by atoms with van der Waals surface area (Å²) in [6, 6.07) is 4.46. The molecule has 1 aliphatic heterocycles. The number of rotatable bonds is 2. The number of ketones is 1. The van der Waals surface area contributed by atoms with Crippen molar-refractivity contribution < 1.29 is 19.5 Å². The molecule has 2 N–H and O–H groups in total. The first-order valence-corrected chi connectivity index (χ1v) is 5.41. The molecule has 0 atom stereocenters. The van der Waals surface area contributed by atoms with Crippen molar-refractivity contribution in [1.82, 2.24) is 0 Å². The van der Waals surface area contributed by atoms with Crippen LogP contribution >= 0.6 is 11.8 Å². The highest BCUT2D eigenvalue weighted by Crippen LogP contribution is 2.31. The van der Waals surface area contributed by atoms with Gasteiger partial charge in [0.15, 0.2) is 0 Å². The predicted octanol–water partition coefficient (Wildman–Crippen LogP) is 0.998. The molecule has 1 aromatic rings. The van der Waals surface area contributed by atoms with Crippen molar-refractivity contribution in [3.05, 3.63) is 23.8 Å². The summed E-state index contributed by atoms with van der Waals surface area (Å²) in [4.78, 5) is 33.6. The minimum absolute atomic E-state index is 0.0639. The van der Waals surface area contributed by atoms with Gasteiger partial charge in [-0.25, -0.2) is 4.79 Å². The quantitative estimate of drug-likeness (QED) is 0.592. The standard InChI is InChI=1S/C10H7NO4S/c12-8-4-16-7-2-1-5(3-6(7)11-8)9(13)10(14)15/h1-3H,4H2,(H,11,12)(H,14,15). The molecule has 5 nitrogen and oxygen atoms in total. The predicted molar refractivity (Wildman–Crippen MR) is 57.8 cm³/mol. The fourth-order valence-corrected chi connectivity index (χ4v) is 2.14. The lowest BCUT2D eigenvalue weighted by molar-refractivity contribution is -0.131. The lowest BCUT2D eigenvalue weighted by Crippen LogP contribution is -2.20. The number of carboxylic acids is 1. The number of thioether (sulfide) groups is 1. The largest absolute Gasteiger partial charge is 0.475 e. The average molecular weight is 237 g/mol. The summed E-state index contributed by atoms with van der Waals surface area (Å²) in [5.74, 6) is -2.31. The molecule has 1 heterocycles. The van der Waals surface area contributed by atoms with Gasteiger partial charge in [0, 0.05) is 10.5 Å². The number of nitrogens with one attached hydrogen (secondary N) is 1. The van der Waals surface area contributed by atoms with Crippen molar-refractivity contribution in [3.63, 3.8) is 0 Å². The third kappa shape index (κ3) is 1.92. The lowest BCUT2D eigenvalue weighted by atomic mass is 10.1. The molecule has 1 amide bonds. The van der Waals surface area contributed by atoms with Gasteiger partial charge in [0.2, 0.25) is 5.91 Å². The van der Waals surface area contributed by atoms with Crippen molar-refractivity contribution in [2.75, 3.05) is 11.1 Å². The summed E-state index contributed by atoms with van der Waals surface area (Å²) in [6.07, 6.45) is 0. The van der Waals surface area contributed by atoms with Crippen molar-refractivity contribution in [3.8, 4) is 0 Å². The molecule has 16 heavy (non-hydrogen) atoms. The third-order valence-electron chi connectivity index (χ3n) is 2.07. The minimum atomic E-state index is -1.50. The zero-order valence-electron chi connectivity index (χ0n) is 8.02. The second-order valence-electron chi connectivity index (χ2n) is 3.18. The van der Waals surface area contributed by atoms with E-state index in [2.05, 4.69) is 5.32 Å². The van der Waals surface area contributed by atoms with E-state index in [4.69, 9.17) is 5.11 Å². The lowest BCUT2D eigenvalue weighted by Gasteiger charge is -2.16. The Morgan fingerprint density at radius 1 is 1.38 bits per heavy atom. The maximum Gasteiger partial charge on any atom is 0.377 e. The Morgan fingerprint density at radius 2 is 2.12 bits per heavy atom. The SMILES string of the molecule is O=C1CSc2ccc(C(=O)C(=O)O)cc2N1. The number of benzene rings is 1. The second kappa shape index (κ2) is 3.97. The van der Waals surface area contributed by atoms with Crippen LogP contribution in [0.4, 0.5) is 5.69 Å². The van der Waals surface area contributed by atoms with Crippen LogP contribution in [0.2, 0.25) is 0 Å². The highest BCUT2D eigenvalue weighted by molar-refractivity contribution is 8.00. The number of fused-ring (bicyclic) bond motifs is 1. The van der Waals surface area contributed by atoms with E-state index in [-0.39, 0.29) is 11.5 Å². The Balaban J connectivity index is 2.38. The van der Waals surface area contributed by atoms with Crippen molar-refractivity contribution >= 4 is 35.1 Å². The Hall–Kier alpha value is -1.82. The summed E-state index contributed by atoms with van der Waals surface area (Å²) >= 11 is 1.35. The Bertz CT molecular complexity index is 498. The van der Waals surface area contributed by atoms with Crippen LogP contribution in [0.15, 0.2) is 23.1 Å². The second-order valence-corrected chi connectivity index (χ2v) is 4.20. The van der Waals surface area contributed by atoms with Crippen LogP contribution in [0.1, 0.15) is 10.4 Å². The van der Waals surface area contributed by atoms with Gasteiger partial charge in [0.1, 0.15) is 0 Å². The molecule has 0 aliphatic carbocycles. The van der Waals surface area contributed by atoms with E-state index >= 15 is 0 Å². The van der Waals surface area contributed by atoms with Gasteiger partial charge in [-0.05, 0) is 18.2 Å². The summed E-state index contributed by atoms with van der Waals surface area (Å²) < 4.78 is 0. The molecule has 0 fully saturated rings. The fourth-order valence-electron chi connectivity index (χ4n) is 1.35. The number of anilines is 1. The zero-order chi connectivity index (χ0) is 11.7. The van der Waals surface area contributed by atoms with Gasteiger partial charge in [-0.2, -0.15) is 0 Å². The molecule has 2 rings (SSSR count). The highest BCUT2D eigenvalue weighted by atomic mass is 32.2. The molecule has 0 bridgehead atoms. The summed E-state index contributed by atoms with van der Waals surface area (Å²) in [5.41, 5.74) is 0.558. The van der Waals surface area contributed by atoms with E-state index in [9.17, 15) is 14.4 Å². The maximum atomic E-state index is 11.2. The summed E-state index contributed by atoms with van der Waals surface area (Å²) in [6.45, 7) is 0. The van der Waals surface area contributed by atoms with Crippen molar-refractivity contribution in [2.24, 2.45) is 0 Å². The number of carbonyl (C=O) groups excluding carboxylic acids is 2. The molecule has 0 saturated carbocycles. The molecule has 82 valence electrons. The zero-order valence-corrected chi connectivity index (χ0v) is 8.84. The van der Waals surface area contributed by atoms with Gasteiger partial charge in [0.05, 0.1) is 11.4 Å². The maximum absolute atomic E-state index is 11.2. The number of hydrogen-bond acceptors (Lipinski definition) is 4. The van der Waals surface area contributed by atoms with Crippen molar-refractivity contribution in [1.29, 1.82) is 0 Å². The van der Waals surface area contributed by atoms with Crippen LogP contribution in [0, 0.1) is 0 Å². The van der Waals surface area contributed by atoms with E-state index in [1.54, 1.807) is 6.07 Å². The van der Waals surface area contributed by atoms with Crippen LogP contribution in [0.25, 0.3) is 0 Å². The molecular weight excluding hydrogens is 230 g/mol. The molecular formula is C10H7NO4S. The first-order valence-electron chi connectivity index (χ1n) is 4.42. The minimum Gasteiger partial charge on any atom is -0.475 e. The van der Waals surface area contributed by atoms with Gasteiger partial charge in [0.25, 0.3) is 5.78 Å². The van der Waals surface area contributed by atoms with Crippen molar-refractivity contribution in [2.45, 2.75) is 4.90 Å². The van der Waals surface area contributed by atoms with Crippen LogP contribution < -0.4 is 5.32 Å². The molecule has 0 aromatic heterocycles. The van der Waals surface area contributed by atoms with E-state index in [0.717, 1.165) is 4.90 Å². The van der Waals surface area contributed by atoms with Gasteiger partial charge in [-0.15, -0.1) is 11.8 Å². The number of amides is 1. The van der Waals surface area contributed by atoms with Gasteiger partial charge < -0.3 is 10.4 Å². The van der Waals surface area contributed by atoms with Crippen LogP contribution in [-0.4, -0.2) is 28.5 Å². The number of carbonyl (C=O) groups is 3. The van der Waals surface area contributed by atoms with E-state index in [0.29, 0.717) is 11.4 Å². The molecule has 1 aromatic carbocycles. The third-order valence-corrected chi connectivity index (χ3v) is 3.14. The molecule has 0 unspecified atom stereocenters. The Kier molecular flexibility index (Phi) is 2.66.